The number of aromatic amines is 1. The molecule has 1 radical (unpaired) electrons. The maximum Gasteiger partial charge on any atom is 0.103 e. The van der Waals surface area contributed by atoms with Gasteiger partial charge in [0.05, 0.1) is 0 Å². The van der Waals surface area contributed by atoms with Crippen molar-refractivity contribution in [2.75, 3.05) is 0 Å². The summed E-state index contributed by atoms with van der Waals surface area (Å²) in [5.74, 6) is 0.984. The smallest absolute Gasteiger partial charge is 0.103 e. The molecule has 0 aliphatic carbocycles. The molecule has 0 aliphatic heterocycles. The average molecular weight is 155 g/mol. The minimum atomic E-state index is 0. The molecule has 0 bridgehead atoms. The van der Waals surface area contributed by atoms with Crippen molar-refractivity contribution in [3.05, 3.63) is 17.7 Å². The van der Waals surface area contributed by atoms with Gasteiger partial charge in [-0.2, -0.15) is 0 Å². The summed E-state index contributed by atoms with van der Waals surface area (Å²) < 4.78 is 0. The number of H-pyrrole nitrogens is 1. The van der Waals surface area contributed by atoms with Crippen LogP contribution in [0.4, 0.5) is 0 Å². The monoisotopic (exact) mass is 155 g/mol. The van der Waals surface area contributed by atoms with Gasteiger partial charge in [0, 0.05) is 28.7 Å². The zero-order valence-electron chi connectivity index (χ0n) is 4.86. The van der Waals surface area contributed by atoms with Gasteiger partial charge in [0.2, 0.25) is 0 Å². The maximum absolute atomic E-state index is 3.96. The van der Waals surface area contributed by atoms with Crippen LogP contribution in [0.25, 0.3) is 0 Å². The Labute approximate surface area is 58.9 Å². The van der Waals surface area contributed by atoms with Crippen molar-refractivity contribution in [1.82, 2.24) is 9.97 Å². The Bertz CT molecular complexity index is 143. The molecular formula is C5H8CoN2. The van der Waals surface area contributed by atoms with Crippen molar-refractivity contribution in [1.29, 1.82) is 0 Å². The molecule has 47 valence electrons. The van der Waals surface area contributed by atoms with E-state index in [1.165, 1.54) is 0 Å². The molecule has 1 N–H and O–H groups in total. The Kier molecular flexibility index (Phi) is 2.79. The van der Waals surface area contributed by atoms with E-state index >= 15 is 0 Å². The summed E-state index contributed by atoms with van der Waals surface area (Å²) in [5, 5.41) is 0. The summed E-state index contributed by atoms with van der Waals surface area (Å²) in [6, 6.07) is 0. The number of aryl methyl sites for hydroxylation is 2. The van der Waals surface area contributed by atoms with E-state index in [-0.39, 0.29) is 16.8 Å². The van der Waals surface area contributed by atoms with Crippen LogP contribution in [0.15, 0.2) is 6.20 Å². The number of hydrogen-bond acceptors (Lipinski definition) is 1. The van der Waals surface area contributed by atoms with E-state index in [2.05, 4.69) is 9.97 Å². The Morgan fingerprint density at radius 1 is 1.50 bits per heavy atom. The summed E-state index contributed by atoms with van der Waals surface area (Å²) in [4.78, 5) is 6.99. The van der Waals surface area contributed by atoms with Crippen LogP contribution >= 0.6 is 0 Å². The summed E-state index contributed by atoms with van der Waals surface area (Å²) in [7, 11) is 0. The minimum absolute atomic E-state index is 0. The Hall–Kier alpha value is -0.284. The molecule has 1 aromatic heterocycles. The molecule has 1 heterocycles. The van der Waals surface area contributed by atoms with E-state index in [1.807, 2.05) is 20.0 Å². The van der Waals surface area contributed by atoms with Crippen LogP contribution < -0.4 is 0 Å². The summed E-state index contributed by atoms with van der Waals surface area (Å²) in [6.07, 6.45) is 1.81. The molecule has 8 heavy (non-hydrogen) atoms. The zero-order valence-corrected chi connectivity index (χ0v) is 5.90. The first-order valence-corrected chi connectivity index (χ1v) is 2.27. The average Bonchev–Trinajstić information content (AvgIpc) is 1.87. The number of hydrogen-bond donors (Lipinski definition) is 1. The van der Waals surface area contributed by atoms with Gasteiger partial charge in [-0.3, -0.25) is 0 Å². The first-order chi connectivity index (χ1) is 3.29. The van der Waals surface area contributed by atoms with Crippen LogP contribution in [0.3, 0.4) is 0 Å². The van der Waals surface area contributed by atoms with Gasteiger partial charge in [-0.15, -0.1) is 0 Å². The second-order valence-corrected chi connectivity index (χ2v) is 1.65. The molecule has 0 atom stereocenters. The van der Waals surface area contributed by atoms with E-state index in [4.69, 9.17) is 0 Å². The predicted octanol–water partition coefficient (Wildman–Crippen LogP) is 1.02. The third-order valence-electron chi connectivity index (χ3n) is 0.830. The molecular weight excluding hydrogens is 147 g/mol. The van der Waals surface area contributed by atoms with E-state index in [0.29, 0.717) is 0 Å². The minimum Gasteiger partial charge on any atom is -0.346 e. The number of nitrogens with zero attached hydrogens (tertiary/aromatic N) is 1. The van der Waals surface area contributed by atoms with E-state index in [9.17, 15) is 0 Å². The zero-order chi connectivity index (χ0) is 5.28. The van der Waals surface area contributed by atoms with Gasteiger partial charge in [-0.05, 0) is 13.8 Å². The van der Waals surface area contributed by atoms with Crippen molar-refractivity contribution in [2.24, 2.45) is 0 Å². The normalized spacial score (nSPS) is 8.25. The third kappa shape index (κ3) is 1.67. The van der Waals surface area contributed by atoms with Crippen molar-refractivity contribution in [3.63, 3.8) is 0 Å². The fraction of sp³-hybridized carbons (Fsp3) is 0.400. The predicted molar refractivity (Wildman–Crippen MR) is 28.1 cm³/mol. The van der Waals surface area contributed by atoms with Crippen molar-refractivity contribution >= 4 is 0 Å². The van der Waals surface area contributed by atoms with Crippen molar-refractivity contribution in [3.8, 4) is 0 Å². The van der Waals surface area contributed by atoms with E-state index in [1.54, 1.807) is 0 Å². The topological polar surface area (TPSA) is 28.7 Å². The molecule has 0 spiro atoms. The van der Waals surface area contributed by atoms with E-state index in [0.717, 1.165) is 11.5 Å². The summed E-state index contributed by atoms with van der Waals surface area (Å²) in [5.41, 5.74) is 1.12. The third-order valence-corrected chi connectivity index (χ3v) is 0.830. The first-order valence-electron chi connectivity index (χ1n) is 2.27. The molecule has 1 rings (SSSR count). The molecule has 0 saturated heterocycles. The van der Waals surface area contributed by atoms with Gasteiger partial charge >= 0.3 is 0 Å². The van der Waals surface area contributed by atoms with Gasteiger partial charge in [0.1, 0.15) is 5.82 Å². The second-order valence-electron chi connectivity index (χ2n) is 1.65. The molecule has 0 saturated carbocycles. The summed E-state index contributed by atoms with van der Waals surface area (Å²) in [6.45, 7) is 3.92. The molecule has 0 amide bonds. The van der Waals surface area contributed by atoms with Crippen LogP contribution in [-0.2, 0) is 16.8 Å². The molecule has 1 aromatic rings. The Morgan fingerprint density at radius 2 is 2.12 bits per heavy atom. The quantitative estimate of drug-likeness (QED) is 0.595. The number of rotatable bonds is 0. The van der Waals surface area contributed by atoms with Crippen LogP contribution in [-0.4, -0.2) is 9.97 Å². The number of nitrogens with one attached hydrogen (secondary N) is 1. The summed E-state index contributed by atoms with van der Waals surface area (Å²) >= 11 is 0. The first kappa shape index (κ1) is 7.72. The molecule has 0 aromatic carbocycles. The Balaban J connectivity index is 0.000000490. The fourth-order valence-corrected chi connectivity index (χ4v) is 0.544. The second kappa shape index (κ2) is 2.89. The fourth-order valence-electron chi connectivity index (χ4n) is 0.544. The van der Waals surface area contributed by atoms with E-state index < -0.39 is 0 Å². The van der Waals surface area contributed by atoms with Crippen LogP contribution in [0.2, 0.25) is 0 Å². The van der Waals surface area contributed by atoms with Gasteiger partial charge in [0.15, 0.2) is 0 Å². The largest absolute Gasteiger partial charge is 0.346 e. The number of imidazole rings is 1. The number of aromatic nitrogens is 2. The SMILES string of the molecule is Cc1cnc(C)[nH]1.[Co]. The molecule has 0 aliphatic rings. The molecule has 0 unspecified atom stereocenters. The van der Waals surface area contributed by atoms with Crippen LogP contribution in [0, 0.1) is 13.8 Å². The van der Waals surface area contributed by atoms with Crippen LogP contribution in [0.1, 0.15) is 11.5 Å². The van der Waals surface area contributed by atoms with Gasteiger partial charge in [-0.1, -0.05) is 0 Å². The van der Waals surface area contributed by atoms with Crippen LogP contribution in [0.5, 0.6) is 0 Å². The Morgan fingerprint density at radius 3 is 2.25 bits per heavy atom. The molecule has 0 fully saturated rings. The standard InChI is InChI=1S/C5H8N2.Co/c1-4-3-6-5(2)7-4;/h3H,1-2H3,(H,6,7);. The van der Waals surface area contributed by atoms with Gasteiger partial charge in [-0.25, -0.2) is 4.98 Å². The molecule has 2 nitrogen and oxygen atoms in total. The van der Waals surface area contributed by atoms with Crippen molar-refractivity contribution < 1.29 is 16.8 Å². The van der Waals surface area contributed by atoms with Gasteiger partial charge in [0.25, 0.3) is 0 Å². The van der Waals surface area contributed by atoms with Gasteiger partial charge < -0.3 is 4.98 Å². The van der Waals surface area contributed by atoms with Crippen molar-refractivity contribution in [2.45, 2.75) is 13.8 Å². The maximum atomic E-state index is 3.96. The molecule has 3 heteroatoms.